The molecule has 194 valence electrons. The standard InChI is InChI=1S/C29H36N6O2/c1-4-27(28-31-32-33-35(28)24-8-6-5-7-9-24)34(18-21-11-13-25(37-3)14-12-21)19-23-17-22-16-20(2)10-15-26(22)30-29(23)36/h10-17,24,27H,4-9,18-19H2,1-3H3,(H,30,36). The average Bonchev–Trinajstić information content (AvgIpc) is 3.40. The summed E-state index contributed by atoms with van der Waals surface area (Å²) in [5.41, 5.74) is 3.84. The van der Waals surface area contributed by atoms with Gasteiger partial charge in [0.15, 0.2) is 5.82 Å². The van der Waals surface area contributed by atoms with Gasteiger partial charge >= 0.3 is 0 Å². The number of aromatic nitrogens is 5. The monoisotopic (exact) mass is 500 g/mol. The van der Waals surface area contributed by atoms with Crippen molar-refractivity contribution in [3.8, 4) is 5.75 Å². The third-order valence-electron chi connectivity index (χ3n) is 7.56. The molecule has 1 N–H and O–H groups in total. The summed E-state index contributed by atoms with van der Waals surface area (Å²) < 4.78 is 7.42. The molecule has 1 saturated carbocycles. The highest BCUT2D eigenvalue weighted by molar-refractivity contribution is 5.79. The molecule has 37 heavy (non-hydrogen) atoms. The van der Waals surface area contributed by atoms with Crippen LogP contribution in [0.3, 0.4) is 0 Å². The van der Waals surface area contributed by atoms with Crippen LogP contribution in [0.1, 0.15) is 80.0 Å². The molecule has 2 aromatic carbocycles. The number of benzene rings is 2. The van der Waals surface area contributed by atoms with E-state index in [-0.39, 0.29) is 11.6 Å². The van der Waals surface area contributed by atoms with Crippen LogP contribution in [0.2, 0.25) is 0 Å². The van der Waals surface area contributed by atoms with Crippen molar-refractivity contribution in [3.05, 3.63) is 81.4 Å². The maximum absolute atomic E-state index is 13.2. The lowest BCUT2D eigenvalue weighted by atomic mass is 9.95. The number of aryl methyl sites for hydroxylation is 1. The minimum absolute atomic E-state index is 0.0355. The van der Waals surface area contributed by atoms with Crippen LogP contribution < -0.4 is 10.3 Å². The van der Waals surface area contributed by atoms with E-state index in [4.69, 9.17) is 4.74 Å². The van der Waals surface area contributed by atoms with Gasteiger partial charge in [-0.3, -0.25) is 9.69 Å². The fourth-order valence-electron chi connectivity index (χ4n) is 5.56. The lowest BCUT2D eigenvalue weighted by Crippen LogP contribution is -2.33. The number of rotatable bonds is 9. The number of aromatic amines is 1. The van der Waals surface area contributed by atoms with Gasteiger partial charge in [-0.05, 0) is 77.9 Å². The Balaban J connectivity index is 1.52. The van der Waals surface area contributed by atoms with Crippen LogP contribution in [0.15, 0.2) is 53.3 Å². The molecular formula is C29H36N6O2. The number of H-pyrrole nitrogens is 1. The lowest BCUT2D eigenvalue weighted by Gasteiger charge is -2.32. The van der Waals surface area contributed by atoms with Crippen molar-refractivity contribution in [1.29, 1.82) is 0 Å². The van der Waals surface area contributed by atoms with Crippen molar-refractivity contribution in [2.45, 2.75) is 77.5 Å². The minimum Gasteiger partial charge on any atom is -0.497 e. The predicted octanol–water partition coefficient (Wildman–Crippen LogP) is 5.49. The zero-order valence-corrected chi connectivity index (χ0v) is 22.0. The summed E-state index contributed by atoms with van der Waals surface area (Å²) >= 11 is 0. The Kier molecular flexibility index (Phi) is 7.65. The third kappa shape index (κ3) is 5.59. The molecule has 1 unspecified atom stereocenters. The second-order valence-corrected chi connectivity index (χ2v) is 10.2. The molecule has 8 nitrogen and oxygen atoms in total. The predicted molar refractivity (Wildman–Crippen MR) is 145 cm³/mol. The highest BCUT2D eigenvalue weighted by Gasteiger charge is 2.29. The third-order valence-corrected chi connectivity index (χ3v) is 7.56. The summed E-state index contributed by atoms with van der Waals surface area (Å²) in [6.45, 7) is 5.38. The van der Waals surface area contributed by atoms with E-state index < -0.39 is 0 Å². The summed E-state index contributed by atoms with van der Waals surface area (Å²) in [6.07, 6.45) is 6.74. The lowest BCUT2D eigenvalue weighted by molar-refractivity contribution is 0.155. The maximum Gasteiger partial charge on any atom is 0.252 e. The molecule has 1 atom stereocenters. The first-order chi connectivity index (χ1) is 18.1. The largest absolute Gasteiger partial charge is 0.497 e. The molecule has 0 bridgehead atoms. The van der Waals surface area contributed by atoms with Crippen LogP contribution in [0, 0.1) is 6.92 Å². The summed E-state index contributed by atoms with van der Waals surface area (Å²) in [5.74, 6) is 1.71. The molecule has 1 aliphatic carbocycles. The molecular weight excluding hydrogens is 464 g/mol. The smallest absolute Gasteiger partial charge is 0.252 e. The van der Waals surface area contributed by atoms with Crippen LogP contribution in [-0.2, 0) is 13.1 Å². The molecule has 0 saturated heterocycles. The van der Waals surface area contributed by atoms with E-state index in [1.54, 1.807) is 7.11 Å². The molecule has 2 heterocycles. The number of fused-ring (bicyclic) bond motifs is 1. The molecule has 1 fully saturated rings. The van der Waals surface area contributed by atoms with E-state index in [9.17, 15) is 4.79 Å². The zero-order chi connectivity index (χ0) is 25.8. The highest BCUT2D eigenvalue weighted by atomic mass is 16.5. The Morgan fingerprint density at radius 2 is 1.86 bits per heavy atom. The van der Waals surface area contributed by atoms with Gasteiger partial charge in [0.25, 0.3) is 5.56 Å². The Morgan fingerprint density at radius 1 is 1.08 bits per heavy atom. The molecule has 4 aromatic rings. The van der Waals surface area contributed by atoms with Crippen LogP contribution in [0.5, 0.6) is 5.75 Å². The second kappa shape index (κ2) is 11.3. The van der Waals surface area contributed by atoms with Crippen LogP contribution in [-0.4, -0.2) is 37.2 Å². The van der Waals surface area contributed by atoms with E-state index in [2.05, 4.69) is 62.1 Å². The average molecular weight is 501 g/mol. The van der Waals surface area contributed by atoms with Gasteiger partial charge in [0, 0.05) is 24.2 Å². The van der Waals surface area contributed by atoms with E-state index in [1.165, 1.54) is 24.8 Å². The summed E-state index contributed by atoms with van der Waals surface area (Å²) in [4.78, 5) is 18.6. The molecule has 2 aromatic heterocycles. The van der Waals surface area contributed by atoms with Gasteiger partial charge in [-0.25, -0.2) is 4.68 Å². The second-order valence-electron chi connectivity index (χ2n) is 10.2. The first kappa shape index (κ1) is 25.1. The number of ether oxygens (including phenoxy) is 1. The quantitative estimate of drug-likeness (QED) is 0.327. The Hall–Kier alpha value is -3.52. The molecule has 8 heteroatoms. The van der Waals surface area contributed by atoms with Gasteiger partial charge < -0.3 is 9.72 Å². The summed E-state index contributed by atoms with van der Waals surface area (Å²) in [7, 11) is 1.67. The molecule has 5 rings (SSSR count). The van der Waals surface area contributed by atoms with E-state index in [0.717, 1.165) is 52.9 Å². The van der Waals surface area contributed by atoms with Gasteiger partial charge in [-0.2, -0.15) is 0 Å². The SMILES string of the molecule is CCC(c1nnnn1C1CCCCC1)N(Cc1ccc(OC)cc1)Cc1cc2cc(C)ccc2[nH]c1=O. The Labute approximate surface area is 217 Å². The van der Waals surface area contributed by atoms with E-state index in [1.807, 2.05) is 30.3 Å². The van der Waals surface area contributed by atoms with Crippen molar-refractivity contribution in [1.82, 2.24) is 30.1 Å². The van der Waals surface area contributed by atoms with Crippen molar-refractivity contribution >= 4 is 10.9 Å². The van der Waals surface area contributed by atoms with E-state index >= 15 is 0 Å². The maximum atomic E-state index is 13.2. The fourth-order valence-corrected chi connectivity index (χ4v) is 5.56. The highest BCUT2D eigenvalue weighted by Crippen LogP contribution is 2.33. The minimum atomic E-state index is -0.0576. The zero-order valence-electron chi connectivity index (χ0n) is 22.0. The van der Waals surface area contributed by atoms with Gasteiger partial charge in [-0.1, -0.05) is 49.9 Å². The van der Waals surface area contributed by atoms with Gasteiger partial charge in [0.1, 0.15) is 5.75 Å². The number of nitrogens with zero attached hydrogens (tertiary/aromatic N) is 5. The Bertz CT molecular complexity index is 1390. The number of pyridine rings is 1. The fraction of sp³-hybridized carbons (Fsp3) is 0.448. The molecule has 0 radical (unpaired) electrons. The van der Waals surface area contributed by atoms with Crippen LogP contribution in [0.25, 0.3) is 10.9 Å². The van der Waals surface area contributed by atoms with Crippen molar-refractivity contribution < 1.29 is 4.74 Å². The number of hydrogen-bond acceptors (Lipinski definition) is 6. The number of tetrazole rings is 1. The molecule has 0 amide bonds. The molecule has 1 aliphatic rings. The normalized spacial score (nSPS) is 15.4. The van der Waals surface area contributed by atoms with E-state index in [0.29, 0.717) is 19.1 Å². The Morgan fingerprint density at radius 3 is 2.59 bits per heavy atom. The number of methoxy groups -OCH3 is 1. The molecule has 0 spiro atoms. The van der Waals surface area contributed by atoms with Crippen molar-refractivity contribution in [3.63, 3.8) is 0 Å². The summed E-state index contributed by atoms with van der Waals surface area (Å²) in [6, 6.07) is 16.5. The van der Waals surface area contributed by atoms with Crippen LogP contribution in [0.4, 0.5) is 0 Å². The molecule has 0 aliphatic heterocycles. The van der Waals surface area contributed by atoms with Crippen molar-refractivity contribution in [2.24, 2.45) is 0 Å². The van der Waals surface area contributed by atoms with Crippen LogP contribution >= 0.6 is 0 Å². The van der Waals surface area contributed by atoms with Crippen molar-refractivity contribution in [2.75, 3.05) is 7.11 Å². The topological polar surface area (TPSA) is 88.9 Å². The number of hydrogen-bond donors (Lipinski definition) is 1. The first-order valence-corrected chi connectivity index (χ1v) is 13.3. The van der Waals surface area contributed by atoms with Gasteiger partial charge in [-0.15, -0.1) is 5.10 Å². The van der Waals surface area contributed by atoms with Gasteiger partial charge in [0.05, 0.1) is 19.2 Å². The first-order valence-electron chi connectivity index (χ1n) is 13.3. The number of nitrogens with one attached hydrogen (secondary N) is 1. The summed E-state index contributed by atoms with van der Waals surface area (Å²) in [5, 5.41) is 14.1. The van der Waals surface area contributed by atoms with Gasteiger partial charge in [0.2, 0.25) is 0 Å².